The van der Waals surface area contributed by atoms with Crippen LogP contribution in [0.2, 0.25) is 0 Å². The minimum atomic E-state index is 0.205. The van der Waals surface area contributed by atoms with Gasteiger partial charge in [-0.25, -0.2) is 0 Å². The molecule has 0 heterocycles. The Morgan fingerprint density at radius 3 is 2.48 bits per heavy atom. The Hall–Kier alpha value is -2.22. The maximum Gasteiger partial charge on any atom is 0.161 e. The molecule has 0 atom stereocenters. The van der Waals surface area contributed by atoms with Crippen LogP contribution in [0.4, 0.5) is 0 Å². The van der Waals surface area contributed by atoms with Crippen molar-refractivity contribution >= 4 is 0 Å². The zero-order valence-electron chi connectivity index (χ0n) is 15.5. The van der Waals surface area contributed by atoms with Gasteiger partial charge in [0.15, 0.2) is 11.5 Å². The van der Waals surface area contributed by atoms with Gasteiger partial charge >= 0.3 is 0 Å². The average Bonchev–Trinajstić information content (AvgIpc) is 3.41. The van der Waals surface area contributed by atoms with Crippen molar-refractivity contribution in [3.05, 3.63) is 71.3 Å². The molecule has 2 aromatic carbocycles. The second-order valence-electron chi connectivity index (χ2n) is 7.04. The van der Waals surface area contributed by atoms with Crippen LogP contribution in [0.15, 0.2) is 60.2 Å². The normalized spacial score (nSPS) is 15.7. The summed E-state index contributed by atoms with van der Waals surface area (Å²) in [5.41, 5.74) is 4.19. The molecule has 2 nitrogen and oxygen atoms in total. The van der Waals surface area contributed by atoms with Gasteiger partial charge in [0, 0.05) is 5.41 Å². The number of rotatable bonds is 8. The molecule has 0 N–H and O–H groups in total. The van der Waals surface area contributed by atoms with E-state index in [4.69, 9.17) is 9.47 Å². The summed E-state index contributed by atoms with van der Waals surface area (Å²) >= 11 is 0. The van der Waals surface area contributed by atoms with Crippen LogP contribution in [-0.4, -0.2) is 7.11 Å². The second-order valence-corrected chi connectivity index (χ2v) is 7.04. The zero-order chi connectivity index (χ0) is 17.7. The van der Waals surface area contributed by atoms with Crippen LogP contribution in [0.3, 0.4) is 0 Å². The lowest BCUT2D eigenvalue weighted by molar-refractivity contribution is 0.284. The molecule has 0 amide bonds. The minimum Gasteiger partial charge on any atom is -0.493 e. The molecule has 0 radical (unpaired) electrons. The SMILES string of the molecule is CCCC(C)=CC1(c2ccc(OC)c(OCc3ccccc3)c2)CC1. The first-order valence-corrected chi connectivity index (χ1v) is 9.20. The molecule has 3 rings (SSSR count). The van der Waals surface area contributed by atoms with E-state index in [0.717, 1.165) is 17.1 Å². The molecule has 25 heavy (non-hydrogen) atoms. The molecular formula is C23H28O2. The van der Waals surface area contributed by atoms with Crippen LogP contribution in [0.5, 0.6) is 11.5 Å². The highest BCUT2D eigenvalue weighted by Crippen LogP contribution is 2.51. The van der Waals surface area contributed by atoms with Crippen LogP contribution < -0.4 is 9.47 Å². The number of hydrogen-bond acceptors (Lipinski definition) is 2. The Labute approximate surface area is 151 Å². The molecule has 0 spiro atoms. The Balaban J connectivity index is 1.81. The van der Waals surface area contributed by atoms with Crippen LogP contribution in [0, 0.1) is 0 Å². The summed E-state index contributed by atoms with van der Waals surface area (Å²) in [5, 5.41) is 0. The molecule has 0 saturated heterocycles. The van der Waals surface area contributed by atoms with E-state index >= 15 is 0 Å². The number of benzene rings is 2. The van der Waals surface area contributed by atoms with Crippen molar-refractivity contribution in [3.8, 4) is 11.5 Å². The maximum atomic E-state index is 6.08. The number of allylic oxidation sites excluding steroid dienone is 2. The minimum absolute atomic E-state index is 0.205. The van der Waals surface area contributed by atoms with E-state index in [2.05, 4.69) is 44.2 Å². The number of ether oxygens (including phenoxy) is 2. The third-order valence-corrected chi connectivity index (χ3v) is 4.93. The number of hydrogen-bond donors (Lipinski definition) is 0. The average molecular weight is 336 g/mol. The topological polar surface area (TPSA) is 18.5 Å². The van der Waals surface area contributed by atoms with Gasteiger partial charge in [-0.05, 0) is 49.4 Å². The van der Waals surface area contributed by atoms with E-state index in [-0.39, 0.29) is 5.41 Å². The molecule has 1 fully saturated rings. The smallest absolute Gasteiger partial charge is 0.161 e. The third kappa shape index (κ3) is 4.25. The Morgan fingerprint density at radius 1 is 1.08 bits per heavy atom. The lowest BCUT2D eigenvalue weighted by atomic mass is 9.92. The van der Waals surface area contributed by atoms with E-state index in [1.165, 1.54) is 36.8 Å². The lowest BCUT2D eigenvalue weighted by Crippen LogP contribution is -2.05. The Bertz CT molecular complexity index is 727. The second kappa shape index (κ2) is 7.77. The first-order valence-electron chi connectivity index (χ1n) is 9.20. The number of methoxy groups -OCH3 is 1. The lowest BCUT2D eigenvalue weighted by Gasteiger charge is -2.17. The maximum absolute atomic E-state index is 6.08. The van der Waals surface area contributed by atoms with E-state index in [1.54, 1.807) is 7.11 Å². The monoisotopic (exact) mass is 336 g/mol. The summed E-state index contributed by atoms with van der Waals surface area (Å²) in [6.07, 6.45) is 7.29. The summed E-state index contributed by atoms with van der Waals surface area (Å²) in [7, 11) is 1.70. The summed E-state index contributed by atoms with van der Waals surface area (Å²) in [5.74, 6) is 1.63. The first-order chi connectivity index (χ1) is 12.2. The van der Waals surface area contributed by atoms with E-state index < -0.39 is 0 Å². The molecule has 1 aliphatic rings. The van der Waals surface area contributed by atoms with Crippen LogP contribution in [0.1, 0.15) is 50.7 Å². The molecule has 0 aliphatic heterocycles. The highest BCUT2D eigenvalue weighted by molar-refractivity contribution is 5.49. The van der Waals surface area contributed by atoms with Crippen molar-refractivity contribution < 1.29 is 9.47 Å². The largest absolute Gasteiger partial charge is 0.493 e. The summed E-state index contributed by atoms with van der Waals surface area (Å²) in [6.45, 7) is 5.04. The van der Waals surface area contributed by atoms with Gasteiger partial charge in [-0.15, -0.1) is 0 Å². The van der Waals surface area contributed by atoms with Crippen molar-refractivity contribution in [1.82, 2.24) is 0 Å². The van der Waals surface area contributed by atoms with Crippen LogP contribution in [-0.2, 0) is 12.0 Å². The molecule has 0 unspecified atom stereocenters. The van der Waals surface area contributed by atoms with Gasteiger partial charge in [-0.1, -0.05) is 61.4 Å². The van der Waals surface area contributed by atoms with Crippen LogP contribution >= 0.6 is 0 Å². The summed E-state index contributed by atoms with van der Waals surface area (Å²) < 4.78 is 11.6. The molecule has 0 bridgehead atoms. The van der Waals surface area contributed by atoms with Gasteiger partial charge in [0.25, 0.3) is 0 Å². The highest BCUT2D eigenvalue weighted by Gasteiger charge is 2.42. The summed E-state index contributed by atoms with van der Waals surface area (Å²) in [4.78, 5) is 0. The van der Waals surface area contributed by atoms with Gasteiger partial charge in [0.05, 0.1) is 7.11 Å². The Kier molecular flexibility index (Phi) is 5.47. The van der Waals surface area contributed by atoms with Gasteiger partial charge in [-0.3, -0.25) is 0 Å². The standard InChI is InChI=1S/C23H28O2/c1-4-8-18(2)16-23(13-14-23)20-11-12-21(24-3)22(15-20)25-17-19-9-6-5-7-10-19/h5-7,9-12,15-16H,4,8,13-14,17H2,1-3H3. The fourth-order valence-electron chi connectivity index (χ4n) is 3.42. The highest BCUT2D eigenvalue weighted by atomic mass is 16.5. The fourth-order valence-corrected chi connectivity index (χ4v) is 3.42. The van der Waals surface area contributed by atoms with Crippen LogP contribution in [0.25, 0.3) is 0 Å². The third-order valence-electron chi connectivity index (χ3n) is 4.93. The molecular weight excluding hydrogens is 308 g/mol. The molecule has 2 aromatic rings. The van der Waals surface area contributed by atoms with E-state index in [9.17, 15) is 0 Å². The van der Waals surface area contributed by atoms with Crippen molar-refractivity contribution in [3.63, 3.8) is 0 Å². The van der Waals surface area contributed by atoms with Crippen molar-refractivity contribution in [1.29, 1.82) is 0 Å². The zero-order valence-corrected chi connectivity index (χ0v) is 15.5. The fraction of sp³-hybridized carbons (Fsp3) is 0.391. The Morgan fingerprint density at radius 2 is 1.84 bits per heavy atom. The van der Waals surface area contributed by atoms with Crippen molar-refractivity contribution in [2.24, 2.45) is 0 Å². The van der Waals surface area contributed by atoms with Gasteiger partial charge in [0.1, 0.15) is 6.61 Å². The van der Waals surface area contributed by atoms with E-state index in [1.807, 2.05) is 24.3 Å². The van der Waals surface area contributed by atoms with Crippen molar-refractivity contribution in [2.75, 3.05) is 7.11 Å². The quantitative estimate of drug-likeness (QED) is 0.546. The first kappa shape index (κ1) is 17.6. The van der Waals surface area contributed by atoms with Gasteiger partial charge < -0.3 is 9.47 Å². The molecule has 1 aliphatic carbocycles. The van der Waals surface area contributed by atoms with Crippen molar-refractivity contribution in [2.45, 2.75) is 51.6 Å². The summed E-state index contributed by atoms with van der Waals surface area (Å²) in [6, 6.07) is 16.7. The predicted molar refractivity (Wildman–Crippen MR) is 103 cm³/mol. The van der Waals surface area contributed by atoms with E-state index in [0.29, 0.717) is 6.61 Å². The van der Waals surface area contributed by atoms with Gasteiger partial charge in [0.2, 0.25) is 0 Å². The molecule has 2 heteroatoms. The molecule has 132 valence electrons. The van der Waals surface area contributed by atoms with Gasteiger partial charge in [-0.2, -0.15) is 0 Å². The molecule has 0 aromatic heterocycles. The molecule has 1 saturated carbocycles. The predicted octanol–water partition coefficient (Wildman–Crippen LogP) is 6.05.